The lowest BCUT2D eigenvalue weighted by Gasteiger charge is -2.23. The summed E-state index contributed by atoms with van der Waals surface area (Å²) in [6.07, 6.45) is 4.59. The van der Waals surface area contributed by atoms with E-state index in [4.69, 9.17) is 0 Å². The van der Waals surface area contributed by atoms with Gasteiger partial charge >= 0.3 is 0 Å². The second-order valence-electron chi connectivity index (χ2n) is 8.84. The van der Waals surface area contributed by atoms with E-state index in [-0.39, 0.29) is 0 Å². The summed E-state index contributed by atoms with van der Waals surface area (Å²) in [7, 11) is 0. The molecule has 0 unspecified atom stereocenters. The number of aromatic amines is 1. The number of aromatic nitrogens is 3. The maximum Gasteiger partial charge on any atom is 0.137 e. The van der Waals surface area contributed by atoms with Gasteiger partial charge in [-0.15, -0.1) is 0 Å². The maximum atomic E-state index is 4.62. The Kier molecular flexibility index (Phi) is 4.47. The van der Waals surface area contributed by atoms with Crippen LogP contribution in [0.1, 0.15) is 61.0 Å². The molecule has 4 heteroatoms. The number of hydrogen-bond acceptors (Lipinski definition) is 2. The Bertz CT molecular complexity index is 1190. The van der Waals surface area contributed by atoms with Crippen LogP contribution in [0.3, 0.4) is 0 Å². The standard InChI is InChI=1S/C25H30N4/c1-15(2)24-21-13-19(18-9-11-26-12-10-18)5-7-22(21)28-25(24)20-6-8-23-27-16(3)14-29(23)17(20)4/h5-8,13-15,18,26,28H,9-12H2,1-4H3. The van der Waals surface area contributed by atoms with Crippen molar-refractivity contribution in [3.8, 4) is 11.3 Å². The topological polar surface area (TPSA) is 45.1 Å². The molecule has 5 rings (SSSR count). The van der Waals surface area contributed by atoms with Crippen LogP contribution in [0, 0.1) is 13.8 Å². The molecule has 0 saturated carbocycles. The van der Waals surface area contributed by atoms with Crippen molar-refractivity contribution in [1.29, 1.82) is 0 Å². The molecule has 1 aromatic carbocycles. The van der Waals surface area contributed by atoms with E-state index in [1.165, 1.54) is 51.8 Å². The number of nitrogens with zero attached hydrogens (tertiary/aromatic N) is 2. The third-order valence-corrected chi connectivity index (χ3v) is 6.52. The third kappa shape index (κ3) is 3.06. The van der Waals surface area contributed by atoms with Crippen molar-refractivity contribution < 1.29 is 0 Å². The molecule has 1 fully saturated rings. The van der Waals surface area contributed by atoms with Crippen LogP contribution >= 0.6 is 0 Å². The predicted octanol–water partition coefficient (Wildman–Crippen LogP) is 5.69. The number of fused-ring (bicyclic) bond motifs is 2. The fraction of sp³-hybridized carbons (Fsp3) is 0.400. The molecule has 0 radical (unpaired) electrons. The van der Waals surface area contributed by atoms with E-state index in [2.05, 4.69) is 83.9 Å². The number of hydrogen-bond donors (Lipinski definition) is 2. The molecular formula is C25H30N4. The van der Waals surface area contributed by atoms with E-state index in [1.54, 1.807) is 0 Å². The zero-order valence-corrected chi connectivity index (χ0v) is 17.8. The highest BCUT2D eigenvalue weighted by Gasteiger charge is 2.21. The van der Waals surface area contributed by atoms with E-state index in [9.17, 15) is 0 Å². The number of pyridine rings is 1. The molecule has 3 aromatic heterocycles. The largest absolute Gasteiger partial charge is 0.354 e. The lowest BCUT2D eigenvalue weighted by Crippen LogP contribution is -2.26. The maximum absolute atomic E-state index is 4.62. The zero-order valence-electron chi connectivity index (χ0n) is 17.8. The summed E-state index contributed by atoms with van der Waals surface area (Å²) in [6, 6.07) is 11.4. The normalized spacial score (nSPS) is 15.8. The van der Waals surface area contributed by atoms with Crippen molar-refractivity contribution in [2.75, 3.05) is 13.1 Å². The smallest absolute Gasteiger partial charge is 0.137 e. The Morgan fingerprint density at radius 3 is 2.62 bits per heavy atom. The first kappa shape index (κ1) is 18.4. The van der Waals surface area contributed by atoms with E-state index in [0.717, 1.165) is 24.4 Å². The highest BCUT2D eigenvalue weighted by atomic mass is 15.0. The number of rotatable bonds is 3. The Morgan fingerprint density at radius 2 is 1.86 bits per heavy atom. The number of aryl methyl sites for hydroxylation is 2. The van der Waals surface area contributed by atoms with Gasteiger partial charge in [-0.2, -0.15) is 0 Å². The van der Waals surface area contributed by atoms with Crippen LogP contribution in [0.4, 0.5) is 0 Å². The summed E-state index contributed by atoms with van der Waals surface area (Å²) in [5.74, 6) is 1.12. The fourth-order valence-corrected chi connectivity index (χ4v) is 5.03. The van der Waals surface area contributed by atoms with Crippen molar-refractivity contribution >= 4 is 16.6 Å². The molecule has 1 saturated heterocycles. The molecule has 4 heterocycles. The lowest BCUT2D eigenvalue weighted by molar-refractivity contribution is 0.460. The van der Waals surface area contributed by atoms with Gasteiger partial charge in [-0.1, -0.05) is 19.9 Å². The minimum absolute atomic E-state index is 0.446. The average Bonchev–Trinajstić information content (AvgIpc) is 3.28. The van der Waals surface area contributed by atoms with Gasteiger partial charge in [0.1, 0.15) is 5.65 Å². The molecule has 0 amide bonds. The van der Waals surface area contributed by atoms with Gasteiger partial charge in [-0.3, -0.25) is 0 Å². The highest BCUT2D eigenvalue weighted by Crippen LogP contribution is 2.39. The van der Waals surface area contributed by atoms with E-state index >= 15 is 0 Å². The van der Waals surface area contributed by atoms with Crippen LogP contribution in [0.15, 0.2) is 36.5 Å². The SMILES string of the molecule is Cc1cn2c(C)c(-c3[nH]c4ccc(C5CCNCC5)cc4c3C(C)C)ccc2n1. The number of benzene rings is 1. The Morgan fingerprint density at radius 1 is 1.07 bits per heavy atom. The summed E-state index contributed by atoms with van der Waals surface area (Å²) in [5.41, 5.74) is 9.97. The summed E-state index contributed by atoms with van der Waals surface area (Å²) in [5, 5.41) is 4.87. The molecule has 4 aromatic rings. The Hall–Kier alpha value is -2.59. The quantitative estimate of drug-likeness (QED) is 0.475. The molecule has 0 spiro atoms. The molecule has 150 valence electrons. The van der Waals surface area contributed by atoms with Crippen LogP contribution in [0.5, 0.6) is 0 Å². The molecule has 29 heavy (non-hydrogen) atoms. The van der Waals surface area contributed by atoms with E-state index in [0.29, 0.717) is 11.8 Å². The molecule has 0 atom stereocenters. The third-order valence-electron chi connectivity index (χ3n) is 6.52. The Labute approximate surface area is 172 Å². The van der Waals surface area contributed by atoms with Crippen molar-refractivity contribution in [1.82, 2.24) is 19.7 Å². The first-order valence-electron chi connectivity index (χ1n) is 10.8. The van der Waals surface area contributed by atoms with Crippen LogP contribution in [0.25, 0.3) is 27.8 Å². The van der Waals surface area contributed by atoms with Crippen molar-refractivity contribution in [2.45, 2.75) is 52.4 Å². The highest BCUT2D eigenvalue weighted by molar-refractivity contribution is 5.92. The summed E-state index contributed by atoms with van der Waals surface area (Å²) in [4.78, 5) is 8.38. The zero-order chi connectivity index (χ0) is 20.1. The average molecular weight is 387 g/mol. The van der Waals surface area contributed by atoms with Crippen LogP contribution < -0.4 is 5.32 Å². The second-order valence-corrected chi connectivity index (χ2v) is 8.84. The van der Waals surface area contributed by atoms with Crippen LogP contribution in [0.2, 0.25) is 0 Å². The number of H-pyrrole nitrogens is 1. The summed E-state index contributed by atoms with van der Waals surface area (Å²) >= 11 is 0. The predicted molar refractivity (Wildman–Crippen MR) is 121 cm³/mol. The molecule has 1 aliphatic heterocycles. The molecular weight excluding hydrogens is 356 g/mol. The monoisotopic (exact) mass is 386 g/mol. The van der Waals surface area contributed by atoms with Crippen molar-refractivity contribution in [2.24, 2.45) is 0 Å². The van der Waals surface area contributed by atoms with Gasteiger partial charge in [0, 0.05) is 28.4 Å². The van der Waals surface area contributed by atoms with Gasteiger partial charge in [-0.25, -0.2) is 4.98 Å². The number of imidazole rings is 1. The first-order chi connectivity index (χ1) is 14.0. The van der Waals surface area contributed by atoms with E-state index in [1.807, 2.05) is 0 Å². The second kappa shape index (κ2) is 7.03. The van der Waals surface area contributed by atoms with Gasteiger partial charge in [0.05, 0.1) is 11.4 Å². The minimum Gasteiger partial charge on any atom is -0.354 e. The minimum atomic E-state index is 0.446. The molecule has 0 aliphatic carbocycles. The molecule has 4 nitrogen and oxygen atoms in total. The number of nitrogens with one attached hydrogen (secondary N) is 2. The number of piperidine rings is 1. The van der Waals surface area contributed by atoms with Crippen LogP contribution in [-0.2, 0) is 0 Å². The summed E-state index contributed by atoms with van der Waals surface area (Å²) in [6.45, 7) is 11.1. The van der Waals surface area contributed by atoms with Crippen molar-refractivity contribution in [3.63, 3.8) is 0 Å². The fourth-order valence-electron chi connectivity index (χ4n) is 5.03. The first-order valence-corrected chi connectivity index (χ1v) is 10.8. The van der Waals surface area contributed by atoms with Gasteiger partial charge in [-0.05, 0) is 87.0 Å². The lowest BCUT2D eigenvalue weighted by atomic mass is 9.88. The molecule has 0 bridgehead atoms. The Balaban J connectivity index is 1.69. The van der Waals surface area contributed by atoms with Crippen molar-refractivity contribution in [3.05, 3.63) is 59.0 Å². The van der Waals surface area contributed by atoms with Crippen LogP contribution in [-0.4, -0.2) is 27.5 Å². The van der Waals surface area contributed by atoms with E-state index < -0.39 is 0 Å². The van der Waals surface area contributed by atoms with Gasteiger partial charge in [0.2, 0.25) is 0 Å². The molecule has 1 aliphatic rings. The van der Waals surface area contributed by atoms with Gasteiger partial charge < -0.3 is 14.7 Å². The van der Waals surface area contributed by atoms with Gasteiger partial charge in [0.25, 0.3) is 0 Å². The summed E-state index contributed by atoms with van der Waals surface area (Å²) < 4.78 is 2.21. The molecule has 2 N–H and O–H groups in total. The van der Waals surface area contributed by atoms with Gasteiger partial charge in [0.15, 0.2) is 0 Å².